The van der Waals surface area contributed by atoms with Crippen LogP contribution in [0.15, 0.2) is 36.4 Å². The van der Waals surface area contributed by atoms with Crippen LogP contribution < -0.4 is 15.7 Å². The van der Waals surface area contributed by atoms with Crippen molar-refractivity contribution >= 4 is 17.8 Å². The summed E-state index contributed by atoms with van der Waals surface area (Å²) in [6.07, 6.45) is 0. The van der Waals surface area contributed by atoms with Gasteiger partial charge in [-0.1, -0.05) is 12.1 Å². The molecule has 0 saturated heterocycles. The van der Waals surface area contributed by atoms with Gasteiger partial charge in [0.05, 0.1) is 0 Å². The van der Waals surface area contributed by atoms with Crippen molar-refractivity contribution in [1.29, 1.82) is 0 Å². The molecule has 2 aromatic carbocycles. The van der Waals surface area contributed by atoms with Crippen molar-refractivity contribution in [2.24, 2.45) is 0 Å². The van der Waals surface area contributed by atoms with E-state index in [1.165, 1.54) is 12.1 Å². The molecule has 0 amide bonds. The maximum absolute atomic E-state index is 10.2. The third kappa shape index (κ3) is 1.36. The fraction of sp³-hybridized carbons (Fsp3) is 0. The monoisotopic (exact) mass is 228 g/mol. The molecule has 0 aliphatic carbocycles. The molecule has 2 aromatic rings. The van der Waals surface area contributed by atoms with Gasteiger partial charge in [-0.15, -0.1) is 0 Å². The Bertz CT molecular complexity index is 546. The van der Waals surface area contributed by atoms with Gasteiger partial charge in [0.2, 0.25) is 0 Å². The average molecular weight is 228 g/mol. The van der Waals surface area contributed by atoms with Crippen LogP contribution in [0.25, 0.3) is 0 Å². The van der Waals surface area contributed by atoms with E-state index in [4.69, 9.17) is 4.74 Å². The van der Waals surface area contributed by atoms with E-state index in [0.29, 0.717) is 11.5 Å². The lowest BCUT2D eigenvalue weighted by atomic mass is 9.53. The predicted molar refractivity (Wildman–Crippen MR) is 63.5 cm³/mol. The number of phenolic OH excluding ortho intramolecular Hbond substituents is 2. The molecule has 0 spiro atoms. The Morgan fingerprint density at radius 2 is 1.29 bits per heavy atom. The topological polar surface area (TPSA) is 69.9 Å². The van der Waals surface area contributed by atoms with E-state index < -0.39 is 6.92 Å². The minimum atomic E-state index is -1.09. The lowest BCUT2D eigenvalue weighted by Gasteiger charge is -2.23. The summed E-state index contributed by atoms with van der Waals surface area (Å²) in [5, 5.41) is 29.6. The predicted octanol–water partition coefficient (Wildman–Crippen LogP) is 0.302. The molecule has 0 fully saturated rings. The maximum atomic E-state index is 10.2. The molecular formula is C12H9BO4. The van der Waals surface area contributed by atoms with Crippen molar-refractivity contribution in [3.63, 3.8) is 0 Å². The fourth-order valence-electron chi connectivity index (χ4n) is 2.06. The normalized spacial score (nSPS) is 12.6. The van der Waals surface area contributed by atoms with Crippen LogP contribution in [0.3, 0.4) is 0 Å². The summed E-state index contributed by atoms with van der Waals surface area (Å²) in [6, 6.07) is 9.52. The summed E-state index contributed by atoms with van der Waals surface area (Å²) in [5.74, 6) is 0.694. The van der Waals surface area contributed by atoms with E-state index in [-0.39, 0.29) is 22.4 Å². The zero-order valence-corrected chi connectivity index (χ0v) is 8.79. The van der Waals surface area contributed by atoms with Gasteiger partial charge in [-0.25, -0.2) is 0 Å². The summed E-state index contributed by atoms with van der Waals surface area (Å²) in [6.45, 7) is -1.09. The number of benzene rings is 2. The number of hydrogen-bond acceptors (Lipinski definition) is 4. The molecular weight excluding hydrogens is 219 g/mol. The fourth-order valence-corrected chi connectivity index (χ4v) is 2.06. The van der Waals surface area contributed by atoms with Gasteiger partial charge in [-0.05, 0) is 24.3 Å². The van der Waals surface area contributed by atoms with E-state index in [0.717, 1.165) is 0 Å². The summed E-state index contributed by atoms with van der Waals surface area (Å²) < 4.78 is 5.53. The lowest BCUT2D eigenvalue weighted by Crippen LogP contribution is -2.46. The molecule has 4 nitrogen and oxygen atoms in total. The highest BCUT2D eigenvalue weighted by molar-refractivity contribution is 6.82. The number of aromatic hydroxyl groups is 2. The van der Waals surface area contributed by atoms with Gasteiger partial charge in [-0.2, -0.15) is 0 Å². The summed E-state index contributed by atoms with van der Waals surface area (Å²) in [7, 11) is 0. The summed E-state index contributed by atoms with van der Waals surface area (Å²) in [4.78, 5) is 0. The molecule has 3 rings (SSSR count). The third-order valence-electron chi connectivity index (χ3n) is 2.85. The zero-order valence-electron chi connectivity index (χ0n) is 8.79. The molecule has 1 aliphatic rings. The molecule has 1 aliphatic heterocycles. The first-order valence-electron chi connectivity index (χ1n) is 5.18. The van der Waals surface area contributed by atoms with Gasteiger partial charge in [0.25, 0.3) is 0 Å². The molecule has 0 aromatic heterocycles. The zero-order chi connectivity index (χ0) is 12.0. The molecule has 1 heterocycles. The molecule has 3 N–H and O–H groups in total. The van der Waals surface area contributed by atoms with Crippen molar-refractivity contribution in [3.05, 3.63) is 36.4 Å². The number of phenols is 2. The van der Waals surface area contributed by atoms with Gasteiger partial charge in [-0.3, -0.25) is 0 Å². The Labute approximate surface area is 97.8 Å². The molecule has 84 valence electrons. The van der Waals surface area contributed by atoms with Gasteiger partial charge in [0, 0.05) is 10.9 Å². The molecule has 0 unspecified atom stereocenters. The maximum Gasteiger partial charge on any atom is 0.374 e. The lowest BCUT2D eigenvalue weighted by molar-refractivity contribution is 0.445. The molecule has 0 radical (unpaired) electrons. The van der Waals surface area contributed by atoms with Crippen LogP contribution in [0, 0.1) is 0 Å². The van der Waals surface area contributed by atoms with Gasteiger partial charge in [0.15, 0.2) is 0 Å². The summed E-state index contributed by atoms with van der Waals surface area (Å²) in [5.41, 5.74) is 0.558. The van der Waals surface area contributed by atoms with E-state index in [1.54, 1.807) is 24.3 Å². The highest BCUT2D eigenvalue weighted by atomic mass is 16.5. The highest BCUT2D eigenvalue weighted by Gasteiger charge is 2.34. The van der Waals surface area contributed by atoms with E-state index in [2.05, 4.69) is 0 Å². The van der Waals surface area contributed by atoms with Crippen LogP contribution in [0.1, 0.15) is 0 Å². The van der Waals surface area contributed by atoms with E-state index >= 15 is 0 Å². The van der Waals surface area contributed by atoms with Crippen LogP contribution in [-0.2, 0) is 0 Å². The van der Waals surface area contributed by atoms with Gasteiger partial charge < -0.3 is 20.0 Å². The molecule has 0 bridgehead atoms. The third-order valence-corrected chi connectivity index (χ3v) is 2.85. The molecule has 0 atom stereocenters. The Balaban J connectivity index is 2.26. The Morgan fingerprint density at radius 1 is 0.824 bits per heavy atom. The minimum Gasteiger partial charge on any atom is -0.508 e. The number of hydrogen-bond donors (Lipinski definition) is 3. The first-order valence-corrected chi connectivity index (χ1v) is 5.18. The number of fused-ring (bicyclic) bond motifs is 2. The molecule has 17 heavy (non-hydrogen) atoms. The molecule has 5 heteroatoms. The first kappa shape index (κ1) is 10.0. The second kappa shape index (κ2) is 3.43. The number of rotatable bonds is 0. The smallest absolute Gasteiger partial charge is 0.374 e. The first-order chi connectivity index (χ1) is 8.18. The second-order valence-electron chi connectivity index (χ2n) is 3.88. The Morgan fingerprint density at radius 3 is 1.76 bits per heavy atom. The van der Waals surface area contributed by atoms with Crippen LogP contribution in [0.4, 0.5) is 0 Å². The van der Waals surface area contributed by atoms with Gasteiger partial charge in [0.1, 0.15) is 23.0 Å². The van der Waals surface area contributed by atoms with Crippen LogP contribution in [-0.4, -0.2) is 22.2 Å². The summed E-state index contributed by atoms with van der Waals surface area (Å²) >= 11 is 0. The van der Waals surface area contributed by atoms with E-state index in [9.17, 15) is 15.2 Å². The largest absolute Gasteiger partial charge is 0.508 e. The van der Waals surface area contributed by atoms with E-state index in [1.807, 2.05) is 0 Å². The Kier molecular flexibility index (Phi) is 2.03. The standard InChI is InChI=1S/C12H9BO4/c14-7-3-1-5-9-11(7)13(16)12-8(15)4-2-6-10(12)17-9/h1-6,14-16H. The van der Waals surface area contributed by atoms with Crippen molar-refractivity contribution in [2.75, 3.05) is 0 Å². The highest BCUT2D eigenvalue weighted by Crippen LogP contribution is 2.29. The average Bonchev–Trinajstić information content (AvgIpc) is 2.28. The van der Waals surface area contributed by atoms with Gasteiger partial charge >= 0.3 is 6.92 Å². The van der Waals surface area contributed by atoms with Crippen LogP contribution >= 0.6 is 0 Å². The number of ether oxygens (including phenoxy) is 1. The van der Waals surface area contributed by atoms with Crippen molar-refractivity contribution in [2.45, 2.75) is 0 Å². The van der Waals surface area contributed by atoms with Crippen molar-refractivity contribution in [1.82, 2.24) is 0 Å². The van der Waals surface area contributed by atoms with Crippen LogP contribution in [0.2, 0.25) is 0 Å². The van der Waals surface area contributed by atoms with Crippen molar-refractivity contribution in [3.8, 4) is 23.0 Å². The minimum absolute atomic E-state index is 0.0519. The Hall–Kier alpha value is -2.14. The quantitative estimate of drug-likeness (QED) is 0.567. The van der Waals surface area contributed by atoms with Crippen molar-refractivity contribution < 1.29 is 20.0 Å². The second-order valence-corrected chi connectivity index (χ2v) is 3.88. The SMILES string of the molecule is OB1c2c(O)cccc2Oc2cccc(O)c21. The van der Waals surface area contributed by atoms with Crippen LogP contribution in [0.5, 0.6) is 23.0 Å². The molecule has 0 saturated carbocycles.